The predicted octanol–water partition coefficient (Wildman–Crippen LogP) is 2.86. The third-order valence-corrected chi connectivity index (χ3v) is 3.89. The van der Waals surface area contributed by atoms with Crippen molar-refractivity contribution < 1.29 is 14.3 Å². The molecule has 0 bridgehead atoms. The number of amides is 2. The molecule has 25 heavy (non-hydrogen) atoms. The van der Waals surface area contributed by atoms with Gasteiger partial charge in [0.05, 0.1) is 12.1 Å². The summed E-state index contributed by atoms with van der Waals surface area (Å²) in [6.07, 6.45) is 1.69. The lowest BCUT2D eigenvalue weighted by Gasteiger charge is -2.17. The molecule has 2 N–H and O–H groups in total. The van der Waals surface area contributed by atoms with E-state index in [9.17, 15) is 9.59 Å². The Morgan fingerprint density at radius 1 is 1.20 bits per heavy atom. The molecule has 1 aromatic heterocycles. The summed E-state index contributed by atoms with van der Waals surface area (Å²) in [7, 11) is 0. The number of anilines is 1. The van der Waals surface area contributed by atoms with Crippen molar-refractivity contribution in [2.45, 2.75) is 20.8 Å². The van der Waals surface area contributed by atoms with Crippen LogP contribution in [0.5, 0.6) is 5.75 Å². The monoisotopic (exact) mass is 339 g/mol. The lowest BCUT2D eigenvalue weighted by Crippen LogP contribution is -2.27. The van der Waals surface area contributed by atoms with Gasteiger partial charge in [0.25, 0.3) is 5.91 Å². The molecular weight excluding hydrogens is 318 g/mol. The molecule has 0 spiro atoms. The highest BCUT2D eigenvalue weighted by Gasteiger charge is 2.21. The van der Waals surface area contributed by atoms with Gasteiger partial charge >= 0.3 is 0 Å². The number of carbonyl (C=O) groups excluding carboxylic acids is 2. The van der Waals surface area contributed by atoms with Gasteiger partial charge in [-0.3, -0.25) is 9.59 Å². The molecule has 0 unspecified atom stereocenters. The highest BCUT2D eigenvalue weighted by molar-refractivity contribution is 5.98. The number of nitrogens with one attached hydrogen (secondary N) is 2. The molecule has 1 aliphatic rings. The van der Waals surface area contributed by atoms with Crippen molar-refractivity contribution in [3.05, 3.63) is 42.1 Å². The van der Waals surface area contributed by atoms with Gasteiger partial charge in [-0.05, 0) is 29.8 Å². The molecule has 3 rings (SSSR count). The Morgan fingerprint density at radius 3 is 2.64 bits per heavy atom. The van der Waals surface area contributed by atoms with E-state index in [1.807, 2.05) is 39.0 Å². The smallest absolute Gasteiger partial charge is 0.255 e. The van der Waals surface area contributed by atoms with E-state index < -0.39 is 5.41 Å². The van der Waals surface area contributed by atoms with Gasteiger partial charge in [0, 0.05) is 17.2 Å². The molecule has 2 amide bonds. The number of ether oxygens (including phenoxy) is 1. The Morgan fingerprint density at radius 2 is 1.96 bits per heavy atom. The number of carbonyl (C=O) groups is 2. The van der Waals surface area contributed by atoms with E-state index in [0.717, 1.165) is 11.1 Å². The van der Waals surface area contributed by atoms with E-state index in [1.54, 1.807) is 18.3 Å². The number of hydrogen-bond donors (Lipinski definition) is 2. The van der Waals surface area contributed by atoms with Crippen LogP contribution < -0.4 is 15.4 Å². The Bertz CT molecular complexity index is 808. The van der Waals surface area contributed by atoms with Crippen LogP contribution in [0.1, 0.15) is 31.1 Å². The molecule has 1 aromatic carbocycles. The summed E-state index contributed by atoms with van der Waals surface area (Å²) in [4.78, 5) is 28.2. The Labute approximate surface area is 146 Å². The number of hydrogen-bond acceptors (Lipinski definition) is 4. The van der Waals surface area contributed by atoms with E-state index >= 15 is 0 Å². The topological polar surface area (TPSA) is 80.3 Å². The van der Waals surface area contributed by atoms with Crippen molar-refractivity contribution in [1.82, 2.24) is 10.3 Å². The molecule has 2 heterocycles. The van der Waals surface area contributed by atoms with Crippen LogP contribution >= 0.6 is 0 Å². The molecule has 0 saturated heterocycles. The minimum absolute atomic E-state index is 0.0859. The van der Waals surface area contributed by atoms with Crippen LogP contribution in [0.4, 0.5) is 5.82 Å². The highest BCUT2D eigenvalue weighted by atomic mass is 16.5. The summed E-state index contributed by atoms with van der Waals surface area (Å²) in [5, 5.41) is 5.58. The molecular formula is C19H21N3O3. The second-order valence-electron chi connectivity index (χ2n) is 6.95. The van der Waals surface area contributed by atoms with Crippen LogP contribution in [0.2, 0.25) is 0 Å². The predicted molar refractivity (Wildman–Crippen MR) is 95.6 cm³/mol. The average molecular weight is 339 g/mol. The van der Waals surface area contributed by atoms with Gasteiger partial charge in [0.15, 0.2) is 0 Å². The fourth-order valence-corrected chi connectivity index (χ4v) is 2.37. The van der Waals surface area contributed by atoms with Crippen LogP contribution in [0.15, 0.2) is 36.5 Å². The molecule has 1 aliphatic heterocycles. The van der Waals surface area contributed by atoms with Crippen molar-refractivity contribution in [3.8, 4) is 16.9 Å². The molecule has 6 heteroatoms. The van der Waals surface area contributed by atoms with Gasteiger partial charge in [0.2, 0.25) is 5.91 Å². The van der Waals surface area contributed by atoms with E-state index in [0.29, 0.717) is 30.3 Å². The van der Waals surface area contributed by atoms with Gasteiger partial charge in [-0.25, -0.2) is 4.98 Å². The molecule has 2 aromatic rings. The maximum atomic E-state index is 12.0. The van der Waals surface area contributed by atoms with E-state index in [-0.39, 0.29) is 11.8 Å². The Balaban J connectivity index is 1.82. The van der Waals surface area contributed by atoms with Gasteiger partial charge in [-0.2, -0.15) is 0 Å². The summed E-state index contributed by atoms with van der Waals surface area (Å²) in [5.41, 5.74) is 1.83. The number of aromatic nitrogens is 1. The first kappa shape index (κ1) is 17.0. The van der Waals surface area contributed by atoms with Crippen LogP contribution in [0, 0.1) is 5.41 Å². The molecule has 0 aliphatic carbocycles. The fraction of sp³-hybridized carbons (Fsp3) is 0.316. The summed E-state index contributed by atoms with van der Waals surface area (Å²) >= 11 is 0. The normalized spacial score (nSPS) is 14.0. The minimum atomic E-state index is -0.477. The molecule has 0 saturated carbocycles. The molecule has 0 radical (unpaired) electrons. The van der Waals surface area contributed by atoms with Gasteiger partial charge in [-0.1, -0.05) is 26.8 Å². The Kier molecular flexibility index (Phi) is 4.44. The second-order valence-corrected chi connectivity index (χ2v) is 6.95. The van der Waals surface area contributed by atoms with Crippen LogP contribution in [0.25, 0.3) is 11.1 Å². The van der Waals surface area contributed by atoms with E-state index in [2.05, 4.69) is 15.6 Å². The summed E-state index contributed by atoms with van der Waals surface area (Å²) < 4.78 is 5.63. The van der Waals surface area contributed by atoms with Gasteiger partial charge < -0.3 is 15.4 Å². The second kappa shape index (κ2) is 6.55. The third-order valence-electron chi connectivity index (χ3n) is 3.89. The zero-order chi connectivity index (χ0) is 18.0. The van der Waals surface area contributed by atoms with E-state index in [4.69, 9.17) is 4.74 Å². The maximum Gasteiger partial charge on any atom is 0.255 e. The van der Waals surface area contributed by atoms with Crippen molar-refractivity contribution in [2.24, 2.45) is 5.41 Å². The molecule has 0 atom stereocenters. The fourth-order valence-electron chi connectivity index (χ4n) is 2.37. The number of benzene rings is 1. The number of pyridine rings is 1. The lowest BCUT2D eigenvalue weighted by atomic mass is 9.96. The van der Waals surface area contributed by atoms with Crippen LogP contribution in [-0.4, -0.2) is 29.9 Å². The summed E-state index contributed by atoms with van der Waals surface area (Å²) in [6.45, 7) is 6.48. The maximum absolute atomic E-state index is 12.0. The van der Waals surface area contributed by atoms with Gasteiger partial charge in [0.1, 0.15) is 18.2 Å². The standard InChI is InChI=1S/C19H21N3O3/c1-19(2,3)18(24)22-16-7-5-13(11-21-16)12-4-6-14-15(10-12)25-9-8-20-17(14)23/h4-7,10-11H,8-9H2,1-3H3,(H,20,23)(H,21,22,24). The minimum Gasteiger partial charge on any atom is -0.491 e. The third kappa shape index (κ3) is 3.79. The largest absolute Gasteiger partial charge is 0.491 e. The zero-order valence-corrected chi connectivity index (χ0v) is 14.6. The van der Waals surface area contributed by atoms with E-state index in [1.165, 1.54) is 0 Å². The number of nitrogens with zero attached hydrogens (tertiary/aromatic N) is 1. The first-order valence-corrected chi connectivity index (χ1v) is 8.17. The summed E-state index contributed by atoms with van der Waals surface area (Å²) in [5.74, 6) is 0.862. The lowest BCUT2D eigenvalue weighted by molar-refractivity contribution is -0.123. The van der Waals surface area contributed by atoms with Crippen LogP contribution in [0.3, 0.4) is 0 Å². The summed E-state index contributed by atoms with van der Waals surface area (Å²) in [6, 6.07) is 9.09. The zero-order valence-electron chi connectivity index (χ0n) is 14.6. The number of rotatable bonds is 2. The molecule has 0 fully saturated rings. The van der Waals surface area contributed by atoms with Crippen molar-refractivity contribution >= 4 is 17.6 Å². The quantitative estimate of drug-likeness (QED) is 0.882. The van der Waals surface area contributed by atoms with Crippen molar-refractivity contribution in [1.29, 1.82) is 0 Å². The SMILES string of the molecule is CC(C)(C)C(=O)Nc1ccc(-c2ccc3c(c2)OCCNC3=O)cn1. The average Bonchev–Trinajstić information content (AvgIpc) is 2.76. The molecule has 6 nitrogen and oxygen atoms in total. The first-order valence-electron chi connectivity index (χ1n) is 8.17. The van der Waals surface area contributed by atoms with Crippen LogP contribution in [-0.2, 0) is 4.79 Å². The Hall–Kier alpha value is -2.89. The van der Waals surface area contributed by atoms with Crippen molar-refractivity contribution in [3.63, 3.8) is 0 Å². The van der Waals surface area contributed by atoms with Gasteiger partial charge in [-0.15, -0.1) is 0 Å². The van der Waals surface area contributed by atoms with Crippen molar-refractivity contribution in [2.75, 3.05) is 18.5 Å². The molecule has 130 valence electrons. The first-order chi connectivity index (χ1) is 11.8. The highest BCUT2D eigenvalue weighted by Crippen LogP contribution is 2.28. The number of fused-ring (bicyclic) bond motifs is 1.